The summed E-state index contributed by atoms with van der Waals surface area (Å²) in [5, 5.41) is 7.42. The number of fused-ring (bicyclic) bond motifs is 1. The number of primary amides is 1. The molecule has 1 aromatic carbocycles. The summed E-state index contributed by atoms with van der Waals surface area (Å²) in [6, 6.07) is 9.85. The number of carbonyl (C=O) groups is 1. The molecule has 184 valence electrons. The van der Waals surface area contributed by atoms with Crippen LogP contribution in [0.5, 0.6) is 0 Å². The standard InChI is InChI=1S/C27H20F2N6O2/c1-35-11-3-6-18(27(35)37)16(19-12-15(28)7-8-22(19)29)4-2-5-17-20-13-24(23-9-10-32-34-23)33-26(20)31-14-21(17)25(30)36/h3,6-14,16H,4H2,1H3,(H2,30,36)(H,31,33)(H,32,34). The molecule has 0 spiro atoms. The minimum absolute atomic E-state index is 0.00932. The lowest BCUT2D eigenvalue weighted by Gasteiger charge is -2.16. The second kappa shape index (κ2) is 9.54. The molecule has 0 aliphatic rings. The average Bonchev–Trinajstić information content (AvgIpc) is 3.55. The summed E-state index contributed by atoms with van der Waals surface area (Å²) in [4.78, 5) is 32.4. The number of aromatic amines is 2. The van der Waals surface area contributed by atoms with Crippen LogP contribution in [0.1, 0.15) is 39.4 Å². The zero-order valence-electron chi connectivity index (χ0n) is 19.5. The van der Waals surface area contributed by atoms with Crippen molar-refractivity contribution in [3.63, 3.8) is 0 Å². The third-order valence-corrected chi connectivity index (χ3v) is 6.08. The number of hydrogen-bond donors (Lipinski definition) is 3. The van der Waals surface area contributed by atoms with Crippen molar-refractivity contribution in [1.82, 2.24) is 24.7 Å². The minimum Gasteiger partial charge on any atom is -0.366 e. The lowest BCUT2D eigenvalue weighted by molar-refractivity contribution is 0.1000. The van der Waals surface area contributed by atoms with Gasteiger partial charge < -0.3 is 15.3 Å². The third kappa shape index (κ3) is 4.50. The Hall–Kier alpha value is -5.04. The number of nitrogens with two attached hydrogens (primary N) is 1. The number of nitrogens with zero attached hydrogens (tertiary/aromatic N) is 3. The van der Waals surface area contributed by atoms with Crippen LogP contribution in [0.4, 0.5) is 8.78 Å². The maximum absolute atomic E-state index is 14.8. The quantitative estimate of drug-likeness (QED) is 0.321. The highest BCUT2D eigenvalue weighted by Crippen LogP contribution is 2.29. The number of amides is 1. The molecule has 8 nitrogen and oxygen atoms in total. The second-order valence-corrected chi connectivity index (χ2v) is 8.42. The fraction of sp³-hybridized carbons (Fsp3) is 0.111. The number of halogens is 2. The van der Waals surface area contributed by atoms with Crippen molar-refractivity contribution in [2.24, 2.45) is 12.8 Å². The van der Waals surface area contributed by atoms with Crippen molar-refractivity contribution in [2.75, 3.05) is 0 Å². The van der Waals surface area contributed by atoms with Gasteiger partial charge in [0.15, 0.2) is 0 Å². The topological polar surface area (TPSA) is 122 Å². The molecule has 5 rings (SSSR count). The van der Waals surface area contributed by atoms with Gasteiger partial charge in [0.25, 0.3) is 11.5 Å². The Labute approximate surface area is 209 Å². The summed E-state index contributed by atoms with van der Waals surface area (Å²) in [7, 11) is 1.58. The summed E-state index contributed by atoms with van der Waals surface area (Å²) in [5.74, 6) is 3.07. The van der Waals surface area contributed by atoms with Gasteiger partial charge in [-0.15, -0.1) is 0 Å². The molecule has 0 bridgehead atoms. The number of rotatable bonds is 5. The Balaban J connectivity index is 1.63. The van der Waals surface area contributed by atoms with Gasteiger partial charge in [0.1, 0.15) is 23.0 Å². The molecule has 10 heteroatoms. The van der Waals surface area contributed by atoms with Crippen molar-refractivity contribution >= 4 is 16.9 Å². The number of aryl methyl sites for hydroxylation is 1. The van der Waals surface area contributed by atoms with Crippen LogP contribution in [-0.2, 0) is 7.05 Å². The molecular weight excluding hydrogens is 478 g/mol. The zero-order chi connectivity index (χ0) is 26.1. The van der Waals surface area contributed by atoms with Gasteiger partial charge in [-0.2, -0.15) is 5.10 Å². The van der Waals surface area contributed by atoms with Gasteiger partial charge in [0.2, 0.25) is 0 Å². The van der Waals surface area contributed by atoms with E-state index in [0.29, 0.717) is 28.0 Å². The van der Waals surface area contributed by atoms with E-state index in [1.807, 2.05) is 0 Å². The summed E-state index contributed by atoms with van der Waals surface area (Å²) in [6.45, 7) is 0. The molecule has 0 aliphatic carbocycles. The predicted molar refractivity (Wildman–Crippen MR) is 134 cm³/mol. The Morgan fingerprint density at radius 2 is 2.03 bits per heavy atom. The van der Waals surface area contributed by atoms with E-state index in [4.69, 9.17) is 5.73 Å². The highest BCUT2D eigenvalue weighted by Gasteiger charge is 2.22. The van der Waals surface area contributed by atoms with Gasteiger partial charge in [-0.3, -0.25) is 14.7 Å². The van der Waals surface area contributed by atoms with Crippen molar-refractivity contribution in [3.05, 3.63) is 105 Å². The Bertz CT molecular complexity index is 1760. The number of aromatic nitrogens is 5. The van der Waals surface area contributed by atoms with Gasteiger partial charge in [-0.1, -0.05) is 17.9 Å². The van der Waals surface area contributed by atoms with Crippen LogP contribution in [0.25, 0.3) is 22.4 Å². The molecule has 4 aromatic heterocycles. The van der Waals surface area contributed by atoms with Crippen molar-refractivity contribution in [3.8, 4) is 23.2 Å². The van der Waals surface area contributed by atoms with Gasteiger partial charge in [-0.25, -0.2) is 13.8 Å². The molecule has 1 unspecified atom stereocenters. The first kappa shape index (κ1) is 23.7. The van der Waals surface area contributed by atoms with Crippen LogP contribution in [0.15, 0.2) is 65.8 Å². The number of H-pyrrole nitrogens is 2. The monoisotopic (exact) mass is 498 g/mol. The summed E-state index contributed by atoms with van der Waals surface area (Å²) >= 11 is 0. The van der Waals surface area contributed by atoms with Crippen LogP contribution in [0, 0.1) is 23.5 Å². The largest absolute Gasteiger partial charge is 0.366 e. The zero-order valence-corrected chi connectivity index (χ0v) is 19.5. The van der Waals surface area contributed by atoms with Crippen molar-refractivity contribution in [2.45, 2.75) is 12.3 Å². The molecule has 0 radical (unpaired) electrons. The maximum Gasteiger partial charge on any atom is 0.254 e. The lowest BCUT2D eigenvalue weighted by Crippen LogP contribution is -2.23. The number of carbonyl (C=O) groups excluding carboxylic acids is 1. The van der Waals surface area contributed by atoms with Crippen LogP contribution >= 0.6 is 0 Å². The fourth-order valence-electron chi connectivity index (χ4n) is 4.24. The van der Waals surface area contributed by atoms with Crippen LogP contribution in [0.2, 0.25) is 0 Å². The van der Waals surface area contributed by atoms with E-state index >= 15 is 0 Å². The third-order valence-electron chi connectivity index (χ3n) is 6.08. The molecule has 4 heterocycles. The van der Waals surface area contributed by atoms with E-state index in [0.717, 1.165) is 18.2 Å². The van der Waals surface area contributed by atoms with Gasteiger partial charge in [0.05, 0.1) is 11.3 Å². The van der Waals surface area contributed by atoms with E-state index in [1.54, 1.807) is 43.7 Å². The predicted octanol–water partition coefficient (Wildman–Crippen LogP) is 3.60. The molecule has 0 saturated heterocycles. The molecule has 0 aliphatic heterocycles. The van der Waals surface area contributed by atoms with E-state index < -0.39 is 23.5 Å². The Kier molecular flexibility index (Phi) is 6.11. The highest BCUT2D eigenvalue weighted by molar-refractivity contribution is 6.01. The lowest BCUT2D eigenvalue weighted by atomic mass is 9.88. The average molecular weight is 498 g/mol. The van der Waals surface area contributed by atoms with Crippen LogP contribution < -0.4 is 11.3 Å². The molecule has 4 N–H and O–H groups in total. The summed E-state index contributed by atoms with van der Waals surface area (Å²) in [6.07, 6.45) is 4.55. The van der Waals surface area contributed by atoms with Gasteiger partial charge in [0, 0.05) is 54.5 Å². The Morgan fingerprint density at radius 1 is 1.19 bits per heavy atom. The van der Waals surface area contributed by atoms with Crippen LogP contribution in [0.3, 0.4) is 0 Å². The van der Waals surface area contributed by atoms with Gasteiger partial charge >= 0.3 is 0 Å². The van der Waals surface area contributed by atoms with E-state index in [2.05, 4.69) is 32.0 Å². The van der Waals surface area contributed by atoms with E-state index in [-0.39, 0.29) is 28.7 Å². The normalized spacial score (nSPS) is 11.8. The smallest absolute Gasteiger partial charge is 0.254 e. The number of pyridine rings is 2. The highest BCUT2D eigenvalue weighted by atomic mass is 19.1. The molecule has 1 amide bonds. The molecule has 0 saturated carbocycles. The summed E-state index contributed by atoms with van der Waals surface area (Å²) < 4.78 is 30.2. The second-order valence-electron chi connectivity index (χ2n) is 8.42. The minimum atomic E-state index is -0.858. The molecule has 1 atom stereocenters. The first-order valence-electron chi connectivity index (χ1n) is 11.2. The molecule has 0 fully saturated rings. The van der Waals surface area contributed by atoms with Gasteiger partial charge in [-0.05, 0) is 42.0 Å². The van der Waals surface area contributed by atoms with E-state index in [9.17, 15) is 18.4 Å². The summed E-state index contributed by atoms with van der Waals surface area (Å²) in [5.41, 5.74) is 7.71. The Morgan fingerprint density at radius 3 is 2.78 bits per heavy atom. The fourth-order valence-corrected chi connectivity index (χ4v) is 4.24. The first-order chi connectivity index (χ1) is 17.8. The molecular formula is C27H20F2N6O2. The van der Waals surface area contributed by atoms with Crippen LogP contribution in [-0.4, -0.2) is 30.6 Å². The maximum atomic E-state index is 14.8. The number of nitrogens with one attached hydrogen (secondary N) is 2. The number of benzene rings is 1. The van der Waals surface area contributed by atoms with E-state index in [1.165, 1.54) is 10.8 Å². The number of hydrogen-bond acceptors (Lipinski definition) is 4. The first-order valence-corrected chi connectivity index (χ1v) is 11.2. The SMILES string of the molecule is Cn1cccc(C(CC#Cc2c(C(N)=O)cnc3[nH]c(-c4cc[nH]n4)cc23)c2cc(F)ccc2F)c1=O. The molecule has 5 aromatic rings. The van der Waals surface area contributed by atoms with Crippen molar-refractivity contribution in [1.29, 1.82) is 0 Å². The van der Waals surface area contributed by atoms with Crippen molar-refractivity contribution < 1.29 is 13.6 Å². The molecule has 37 heavy (non-hydrogen) atoms.